The van der Waals surface area contributed by atoms with Gasteiger partial charge < -0.3 is 4.42 Å². The number of hydrazine groups is 1. The normalized spacial score (nSPS) is 13.1. The maximum atomic E-state index is 5.96. The lowest BCUT2D eigenvalue weighted by Crippen LogP contribution is -2.27. The van der Waals surface area contributed by atoms with Crippen molar-refractivity contribution < 1.29 is 4.42 Å². The molecule has 1 heterocycles. The number of nitrogens with two attached hydrogens (primary N) is 1. The molecule has 0 radical (unpaired) electrons. The Kier molecular flexibility index (Phi) is 4.64. The summed E-state index contributed by atoms with van der Waals surface area (Å²) in [6, 6.07) is 7.71. The van der Waals surface area contributed by atoms with Crippen LogP contribution in [0.4, 0.5) is 0 Å². The Morgan fingerprint density at radius 2 is 2.17 bits per heavy atom. The fraction of sp³-hybridized carbons (Fsp3) is 0.429. The Morgan fingerprint density at radius 1 is 1.33 bits per heavy atom. The quantitative estimate of drug-likeness (QED) is 0.469. The average molecular weight is 267 g/mol. The van der Waals surface area contributed by atoms with E-state index >= 15 is 0 Å². The van der Waals surface area contributed by atoms with Gasteiger partial charge in [0.05, 0.1) is 6.04 Å². The van der Waals surface area contributed by atoms with Gasteiger partial charge in [-0.15, -0.1) is 0 Å². The topological polar surface area (TPSA) is 51.2 Å². The minimum atomic E-state index is 0.0720. The SMILES string of the molecule is CCCCCC(NN)c1cc2cc(Cl)ccc2o1. The molecule has 0 bridgehead atoms. The highest BCUT2D eigenvalue weighted by molar-refractivity contribution is 6.31. The number of rotatable bonds is 6. The molecular formula is C14H19ClN2O. The van der Waals surface area contributed by atoms with Gasteiger partial charge in [0.15, 0.2) is 0 Å². The molecule has 2 aromatic rings. The van der Waals surface area contributed by atoms with E-state index in [9.17, 15) is 0 Å². The second kappa shape index (κ2) is 6.23. The van der Waals surface area contributed by atoms with Crippen molar-refractivity contribution in [1.29, 1.82) is 0 Å². The molecule has 0 aliphatic carbocycles. The van der Waals surface area contributed by atoms with Crippen LogP contribution in [0.15, 0.2) is 28.7 Å². The van der Waals surface area contributed by atoms with Crippen LogP contribution in [0.2, 0.25) is 5.02 Å². The van der Waals surface area contributed by atoms with Crippen LogP contribution in [0.25, 0.3) is 11.0 Å². The van der Waals surface area contributed by atoms with E-state index in [1.165, 1.54) is 12.8 Å². The number of nitrogens with one attached hydrogen (secondary N) is 1. The van der Waals surface area contributed by atoms with E-state index in [4.69, 9.17) is 21.9 Å². The molecule has 1 aromatic heterocycles. The highest BCUT2D eigenvalue weighted by atomic mass is 35.5. The van der Waals surface area contributed by atoms with Crippen LogP contribution >= 0.6 is 11.6 Å². The second-order valence-corrected chi connectivity index (χ2v) is 4.98. The van der Waals surface area contributed by atoms with E-state index < -0.39 is 0 Å². The molecule has 0 aliphatic heterocycles. The van der Waals surface area contributed by atoms with Crippen molar-refractivity contribution in [2.24, 2.45) is 5.84 Å². The van der Waals surface area contributed by atoms with Crippen molar-refractivity contribution in [1.82, 2.24) is 5.43 Å². The summed E-state index contributed by atoms with van der Waals surface area (Å²) in [7, 11) is 0. The summed E-state index contributed by atoms with van der Waals surface area (Å²) >= 11 is 5.96. The molecule has 0 fully saturated rings. The lowest BCUT2D eigenvalue weighted by atomic mass is 10.1. The molecule has 18 heavy (non-hydrogen) atoms. The second-order valence-electron chi connectivity index (χ2n) is 4.55. The number of furan rings is 1. The van der Waals surface area contributed by atoms with Crippen LogP contribution in [0.3, 0.4) is 0 Å². The van der Waals surface area contributed by atoms with Gasteiger partial charge in [0.25, 0.3) is 0 Å². The summed E-state index contributed by atoms with van der Waals surface area (Å²) < 4.78 is 5.81. The third kappa shape index (κ3) is 3.05. The van der Waals surface area contributed by atoms with Gasteiger partial charge in [-0.1, -0.05) is 37.8 Å². The smallest absolute Gasteiger partial charge is 0.134 e. The Bertz CT molecular complexity index is 509. The van der Waals surface area contributed by atoms with Gasteiger partial charge in [-0.3, -0.25) is 5.84 Å². The van der Waals surface area contributed by atoms with Crippen molar-refractivity contribution in [3.8, 4) is 0 Å². The fourth-order valence-electron chi connectivity index (χ4n) is 2.11. The summed E-state index contributed by atoms with van der Waals surface area (Å²) in [6.45, 7) is 2.19. The Hall–Kier alpha value is -1.03. The van der Waals surface area contributed by atoms with E-state index in [1.807, 2.05) is 24.3 Å². The highest BCUT2D eigenvalue weighted by Crippen LogP contribution is 2.28. The predicted octanol–water partition coefficient (Wildman–Crippen LogP) is 4.17. The Balaban J connectivity index is 2.17. The Morgan fingerprint density at radius 3 is 2.89 bits per heavy atom. The van der Waals surface area contributed by atoms with Crippen molar-refractivity contribution in [3.63, 3.8) is 0 Å². The van der Waals surface area contributed by atoms with Gasteiger partial charge in [0, 0.05) is 10.4 Å². The first kappa shape index (κ1) is 13.4. The maximum absolute atomic E-state index is 5.96. The van der Waals surface area contributed by atoms with E-state index in [-0.39, 0.29) is 6.04 Å². The molecule has 98 valence electrons. The van der Waals surface area contributed by atoms with Gasteiger partial charge in [-0.2, -0.15) is 0 Å². The van der Waals surface area contributed by atoms with Crippen molar-refractivity contribution in [2.45, 2.75) is 38.6 Å². The van der Waals surface area contributed by atoms with E-state index in [0.29, 0.717) is 0 Å². The van der Waals surface area contributed by atoms with Crippen LogP contribution in [-0.4, -0.2) is 0 Å². The van der Waals surface area contributed by atoms with E-state index in [2.05, 4.69) is 12.3 Å². The predicted molar refractivity (Wildman–Crippen MR) is 75.4 cm³/mol. The van der Waals surface area contributed by atoms with E-state index in [0.717, 1.165) is 34.6 Å². The number of hydrogen-bond acceptors (Lipinski definition) is 3. The maximum Gasteiger partial charge on any atom is 0.134 e. The zero-order valence-corrected chi connectivity index (χ0v) is 11.3. The average Bonchev–Trinajstić information content (AvgIpc) is 2.77. The summed E-state index contributed by atoms with van der Waals surface area (Å²) in [5.41, 5.74) is 3.68. The standard InChI is InChI=1S/C14H19ClN2O/c1-2-3-4-5-12(17-16)14-9-10-8-11(15)6-7-13(10)18-14/h6-9,12,17H,2-5,16H2,1H3. The zero-order chi connectivity index (χ0) is 13.0. The number of fused-ring (bicyclic) bond motifs is 1. The summed E-state index contributed by atoms with van der Waals surface area (Å²) in [6.07, 6.45) is 4.54. The molecule has 1 atom stereocenters. The van der Waals surface area contributed by atoms with Crippen molar-refractivity contribution >= 4 is 22.6 Å². The fourth-order valence-corrected chi connectivity index (χ4v) is 2.29. The minimum Gasteiger partial charge on any atom is -0.459 e. The molecule has 4 heteroatoms. The first-order valence-electron chi connectivity index (χ1n) is 6.39. The summed E-state index contributed by atoms with van der Waals surface area (Å²) in [4.78, 5) is 0. The molecule has 0 aliphatic rings. The molecular weight excluding hydrogens is 248 g/mol. The zero-order valence-electron chi connectivity index (χ0n) is 10.6. The van der Waals surface area contributed by atoms with Gasteiger partial charge in [-0.05, 0) is 30.7 Å². The molecule has 3 nitrogen and oxygen atoms in total. The molecule has 1 aromatic carbocycles. The van der Waals surface area contributed by atoms with Gasteiger partial charge in [0.1, 0.15) is 11.3 Å². The first-order chi connectivity index (χ1) is 8.74. The van der Waals surface area contributed by atoms with Crippen molar-refractivity contribution in [3.05, 3.63) is 35.0 Å². The molecule has 3 N–H and O–H groups in total. The molecule has 2 rings (SSSR count). The lowest BCUT2D eigenvalue weighted by Gasteiger charge is -2.12. The molecule has 0 saturated heterocycles. The van der Waals surface area contributed by atoms with Gasteiger partial charge in [0.2, 0.25) is 0 Å². The van der Waals surface area contributed by atoms with Crippen LogP contribution in [0, 0.1) is 0 Å². The minimum absolute atomic E-state index is 0.0720. The molecule has 0 saturated carbocycles. The Labute approximate surface area is 112 Å². The van der Waals surface area contributed by atoms with Crippen LogP contribution in [-0.2, 0) is 0 Å². The van der Waals surface area contributed by atoms with E-state index in [1.54, 1.807) is 0 Å². The first-order valence-corrected chi connectivity index (χ1v) is 6.77. The number of benzene rings is 1. The highest BCUT2D eigenvalue weighted by Gasteiger charge is 2.14. The molecule has 0 amide bonds. The molecule has 0 spiro atoms. The number of unbranched alkanes of at least 4 members (excludes halogenated alkanes) is 2. The third-order valence-electron chi connectivity index (χ3n) is 3.14. The molecule has 1 unspecified atom stereocenters. The summed E-state index contributed by atoms with van der Waals surface area (Å²) in [5, 5.41) is 1.74. The van der Waals surface area contributed by atoms with Gasteiger partial charge >= 0.3 is 0 Å². The largest absolute Gasteiger partial charge is 0.459 e. The lowest BCUT2D eigenvalue weighted by molar-refractivity contribution is 0.404. The number of halogens is 1. The van der Waals surface area contributed by atoms with Crippen LogP contribution in [0.1, 0.15) is 44.4 Å². The van der Waals surface area contributed by atoms with Gasteiger partial charge in [-0.25, -0.2) is 5.43 Å². The number of hydrogen-bond donors (Lipinski definition) is 2. The third-order valence-corrected chi connectivity index (χ3v) is 3.37. The van der Waals surface area contributed by atoms with Crippen LogP contribution < -0.4 is 11.3 Å². The monoisotopic (exact) mass is 266 g/mol. The van der Waals surface area contributed by atoms with Crippen molar-refractivity contribution in [2.75, 3.05) is 0 Å². The summed E-state index contributed by atoms with van der Waals surface area (Å²) in [5.74, 6) is 6.48. The van der Waals surface area contributed by atoms with Crippen LogP contribution in [0.5, 0.6) is 0 Å².